The molecule has 7 heteroatoms. The molecule has 1 aliphatic carbocycles. The van der Waals surface area contributed by atoms with E-state index in [0.717, 1.165) is 19.1 Å². The van der Waals surface area contributed by atoms with Gasteiger partial charge in [0.25, 0.3) is 5.89 Å². The van der Waals surface area contributed by atoms with Crippen LogP contribution < -0.4 is 5.73 Å². The Morgan fingerprint density at radius 1 is 1.40 bits per heavy atom. The van der Waals surface area contributed by atoms with E-state index in [1.54, 1.807) is 12.1 Å². The van der Waals surface area contributed by atoms with Crippen LogP contribution in [0.5, 0.6) is 0 Å². The third kappa shape index (κ3) is 2.59. The molecule has 0 amide bonds. The standard InChI is InChI=1S/C13H15N3O3S/c1-20(17,18)10-4-2-3-9(7-10)13-15-12(16-19-13)11(14)8-5-6-8/h2-4,7-8,11H,5-6,14H2,1H3. The zero-order chi connectivity index (χ0) is 14.3. The zero-order valence-corrected chi connectivity index (χ0v) is 11.8. The summed E-state index contributed by atoms with van der Waals surface area (Å²) in [4.78, 5) is 4.49. The van der Waals surface area contributed by atoms with Gasteiger partial charge in [-0.05, 0) is 37.0 Å². The Balaban J connectivity index is 1.93. The molecule has 1 fully saturated rings. The van der Waals surface area contributed by atoms with Crippen LogP contribution in [0.4, 0.5) is 0 Å². The molecule has 1 aromatic carbocycles. The number of nitrogens with two attached hydrogens (primary N) is 1. The third-order valence-electron chi connectivity index (χ3n) is 3.38. The number of rotatable bonds is 4. The Morgan fingerprint density at radius 2 is 2.15 bits per heavy atom. The van der Waals surface area contributed by atoms with Crippen LogP contribution in [0, 0.1) is 5.92 Å². The molecule has 1 saturated carbocycles. The summed E-state index contributed by atoms with van der Waals surface area (Å²) in [5, 5.41) is 3.89. The van der Waals surface area contributed by atoms with E-state index in [4.69, 9.17) is 10.3 Å². The molecule has 1 unspecified atom stereocenters. The second kappa shape index (κ2) is 4.68. The van der Waals surface area contributed by atoms with Gasteiger partial charge in [-0.2, -0.15) is 4.98 Å². The zero-order valence-electron chi connectivity index (χ0n) is 11.0. The van der Waals surface area contributed by atoms with Crippen LogP contribution in [0.2, 0.25) is 0 Å². The molecule has 1 aliphatic rings. The SMILES string of the molecule is CS(=O)(=O)c1cccc(-c2nc(C(N)C3CC3)no2)c1. The van der Waals surface area contributed by atoms with Gasteiger partial charge < -0.3 is 10.3 Å². The molecule has 2 aromatic rings. The van der Waals surface area contributed by atoms with E-state index in [0.29, 0.717) is 23.2 Å². The number of sulfone groups is 1. The molecule has 3 rings (SSSR count). The lowest BCUT2D eigenvalue weighted by Gasteiger charge is -2.02. The number of hydrogen-bond acceptors (Lipinski definition) is 6. The Morgan fingerprint density at radius 3 is 2.80 bits per heavy atom. The van der Waals surface area contributed by atoms with Gasteiger partial charge in [-0.25, -0.2) is 8.42 Å². The summed E-state index contributed by atoms with van der Waals surface area (Å²) in [5.74, 6) is 1.21. The Bertz CT molecular complexity index is 735. The van der Waals surface area contributed by atoms with E-state index in [2.05, 4.69) is 10.1 Å². The lowest BCUT2D eigenvalue weighted by molar-refractivity contribution is 0.411. The molecule has 0 radical (unpaired) electrons. The smallest absolute Gasteiger partial charge is 0.258 e. The fourth-order valence-corrected chi connectivity index (χ4v) is 2.68. The highest BCUT2D eigenvalue weighted by Crippen LogP contribution is 2.38. The van der Waals surface area contributed by atoms with E-state index in [9.17, 15) is 8.42 Å². The topological polar surface area (TPSA) is 99.1 Å². The van der Waals surface area contributed by atoms with Crippen LogP contribution in [0.25, 0.3) is 11.5 Å². The fourth-order valence-electron chi connectivity index (χ4n) is 2.01. The number of benzene rings is 1. The molecule has 1 aromatic heterocycles. The summed E-state index contributed by atoms with van der Waals surface area (Å²) in [5.41, 5.74) is 6.59. The van der Waals surface area contributed by atoms with E-state index < -0.39 is 9.84 Å². The summed E-state index contributed by atoms with van der Waals surface area (Å²) in [7, 11) is -3.26. The predicted octanol–water partition coefficient (Wildman–Crippen LogP) is 1.55. The minimum Gasteiger partial charge on any atom is -0.334 e. The average Bonchev–Trinajstić information content (AvgIpc) is 3.14. The largest absolute Gasteiger partial charge is 0.334 e. The van der Waals surface area contributed by atoms with Crippen molar-refractivity contribution in [2.75, 3.05) is 6.26 Å². The van der Waals surface area contributed by atoms with Gasteiger partial charge in [0.1, 0.15) is 0 Å². The first-order chi connectivity index (χ1) is 9.45. The second-order valence-electron chi connectivity index (χ2n) is 5.12. The first kappa shape index (κ1) is 13.3. The normalized spacial score (nSPS) is 17.1. The van der Waals surface area contributed by atoms with Crippen LogP contribution in [0.15, 0.2) is 33.7 Å². The van der Waals surface area contributed by atoms with Crippen LogP contribution in [-0.4, -0.2) is 24.8 Å². The van der Waals surface area contributed by atoms with Crippen LogP contribution in [0.1, 0.15) is 24.7 Å². The van der Waals surface area contributed by atoms with E-state index >= 15 is 0 Å². The molecule has 106 valence electrons. The van der Waals surface area contributed by atoms with Gasteiger partial charge in [-0.3, -0.25) is 0 Å². The van der Waals surface area contributed by atoms with Gasteiger partial charge in [0.05, 0.1) is 10.9 Å². The van der Waals surface area contributed by atoms with Gasteiger partial charge in [0.2, 0.25) is 0 Å². The highest BCUT2D eigenvalue weighted by Gasteiger charge is 2.32. The van der Waals surface area contributed by atoms with Crippen molar-refractivity contribution >= 4 is 9.84 Å². The van der Waals surface area contributed by atoms with Crippen molar-refractivity contribution < 1.29 is 12.9 Å². The lowest BCUT2D eigenvalue weighted by atomic mass is 10.2. The maximum absolute atomic E-state index is 11.5. The van der Waals surface area contributed by atoms with Gasteiger partial charge >= 0.3 is 0 Å². The van der Waals surface area contributed by atoms with Crippen molar-refractivity contribution in [3.8, 4) is 11.5 Å². The second-order valence-corrected chi connectivity index (χ2v) is 7.14. The van der Waals surface area contributed by atoms with E-state index in [1.807, 2.05) is 0 Å². The summed E-state index contributed by atoms with van der Waals surface area (Å²) in [6.45, 7) is 0. The van der Waals surface area contributed by atoms with Crippen molar-refractivity contribution in [1.82, 2.24) is 10.1 Å². The van der Waals surface area contributed by atoms with Gasteiger partial charge in [0, 0.05) is 11.8 Å². The van der Waals surface area contributed by atoms with Gasteiger partial charge in [0.15, 0.2) is 15.7 Å². The molecule has 1 heterocycles. The van der Waals surface area contributed by atoms with Gasteiger partial charge in [-0.15, -0.1) is 0 Å². The molecule has 2 N–H and O–H groups in total. The maximum Gasteiger partial charge on any atom is 0.258 e. The van der Waals surface area contributed by atoms with Crippen molar-refractivity contribution in [3.63, 3.8) is 0 Å². The van der Waals surface area contributed by atoms with E-state index in [1.165, 1.54) is 12.1 Å². The van der Waals surface area contributed by atoms with Crippen molar-refractivity contribution in [1.29, 1.82) is 0 Å². The number of nitrogens with zero attached hydrogens (tertiary/aromatic N) is 2. The summed E-state index contributed by atoms with van der Waals surface area (Å²) < 4.78 is 28.3. The minimum absolute atomic E-state index is 0.203. The molecule has 6 nitrogen and oxygen atoms in total. The van der Waals surface area contributed by atoms with Crippen molar-refractivity contribution in [2.45, 2.75) is 23.8 Å². The average molecular weight is 293 g/mol. The number of hydrogen-bond donors (Lipinski definition) is 1. The van der Waals surface area contributed by atoms with Crippen LogP contribution >= 0.6 is 0 Å². The molecule has 0 bridgehead atoms. The quantitative estimate of drug-likeness (QED) is 0.918. The molecule has 20 heavy (non-hydrogen) atoms. The minimum atomic E-state index is -3.26. The summed E-state index contributed by atoms with van der Waals surface area (Å²) in [6.07, 6.45) is 3.34. The Hall–Kier alpha value is -1.73. The van der Waals surface area contributed by atoms with Crippen molar-refractivity contribution in [3.05, 3.63) is 30.1 Å². The molecular weight excluding hydrogens is 278 g/mol. The molecular formula is C13H15N3O3S. The summed E-state index contributed by atoms with van der Waals surface area (Å²) in [6, 6.07) is 6.23. The first-order valence-electron chi connectivity index (χ1n) is 6.35. The summed E-state index contributed by atoms with van der Waals surface area (Å²) >= 11 is 0. The molecule has 1 atom stereocenters. The predicted molar refractivity (Wildman–Crippen MR) is 72.5 cm³/mol. The highest BCUT2D eigenvalue weighted by atomic mass is 32.2. The Labute approximate surface area is 116 Å². The van der Waals surface area contributed by atoms with Crippen LogP contribution in [0.3, 0.4) is 0 Å². The maximum atomic E-state index is 11.5. The van der Waals surface area contributed by atoms with E-state index in [-0.39, 0.29) is 10.9 Å². The van der Waals surface area contributed by atoms with Crippen LogP contribution in [-0.2, 0) is 9.84 Å². The fraction of sp³-hybridized carbons (Fsp3) is 0.385. The molecule has 0 saturated heterocycles. The molecule has 0 spiro atoms. The molecule has 0 aliphatic heterocycles. The van der Waals surface area contributed by atoms with Crippen molar-refractivity contribution in [2.24, 2.45) is 11.7 Å². The van der Waals surface area contributed by atoms with Gasteiger partial charge in [-0.1, -0.05) is 11.2 Å². The first-order valence-corrected chi connectivity index (χ1v) is 8.24. The monoisotopic (exact) mass is 293 g/mol. The number of aromatic nitrogens is 2. The lowest BCUT2D eigenvalue weighted by Crippen LogP contribution is -2.13. The Kier molecular flexibility index (Phi) is 3.10. The third-order valence-corrected chi connectivity index (χ3v) is 4.49. The highest BCUT2D eigenvalue weighted by molar-refractivity contribution is 7.90.